The Morgan fingerprint density at radius 3 is 2.46 bits per heavy atom. The number of hydrogen-bond acceptors (Lipinski definition) is 4. The van der Waals surface area contributed by atoms with Gasteiger partial charge in [0.2, 0.25) is 0 Å². The van der Waals surface area contributed by atoms with Gasteiger partial charge in [-0.25, -0.2) is 0 Å². The number of nitrogens with one attached hydrogen (secondary N) is 2. The van der Waals surface area contributed by atoms with Crippen molar-refractivity contribution in [3.05, 3.63) is 44.8 Å². The molecule has 2 N–H and O–H groups in total. The molecular formula is C18H26N4S2. The molecule has 0 spiro atoms. The maximum Gasteiger partial charge on any atom is 0.191 e. The van der Waals surface area contributed by atoms with Gasteiger partial charge < -0.3 is 10.6 Å². The van der Waals surface area contributed by atoms with Crippen LogP contribution in [0, 0.1) is 5.92 Å². The zero-order chi connectivity index (χ0) is 16.6. The van der Waals surface area contributed by atoms with Gasteiger partial charge in [-0.15, -0.1) is 22.7 Å². The number of rotatable bonds is 6. The fourth-order valence-electron chi connectivity index (χ4n) is 3.02. The summed E-state index contributed by atoms with van der Waals surface area (Å²) in [6, 6.07) is 8.61. The summed E-state index contributed by atoms with van der Waals surface area (Å²) < 4.78 is 0. The van der Waals surface area contributed by atoms with Crippen LogP contribution in [0.4, 0.5) is 0 Å². The van der Waals surface area contributed by atoms with E-state index in [1.807, 2.05) is 18.4 Å². The summed E-state index contributed by atoms with van der Waals surface area (Å²) in [7, 11) is 1.84. The van der Waals surface area contributed by atoms with Crippen LogP contribution < -0.4 is 10.6 Å². The molecule has 3 rings (SSSR count). The molecule has 1 fully saturated rings. The van der Waals surface area contributed by atoms with Crippen LogP contribution in [-0.4, -0.2) is 37.5 Å². The highest BCUT2D eigenvalue weighted by atomic mass is 32.1. The van der Waals surface area contributed by atoms with Crippen molar-refractivity contribution in [3.63, 3.8) is 0 Å². The van der Waals surface area contributed by atoms with Crippen LogP contribution in [0.15, 0.2) is 40.0 Å². The lowest BCUT2D eigenvalue weighted by atomic mass is 9.97. The van der Waals surface area contributed by atoms with E-state index in [1.54, 1.807) is 11.3 Å². The molecule has 3 heterocycles. The monoisotopic (exact) mass is 362 g/mol. The molecule has 2 aromatic rings. The third-order valence-electron chi connectivity index (χ3n) is 4.46. The van der Waals surface area contributed by atoms with Gasteiger partial charge in [-0.2, -0.15) is 0 Å². The molecule has 0 saturated carbocycles. The minimum Gasteiger partial charge on any atom is -0.356 e. The van der Waals surface area contributed by atoms with E-state index in [-0.39, 0.29) is 0 Å². The van der Waals surface area contributed by atoms with Gasteiger partial charge in [0.1, 0.15) is 0 Å². The first kappa shape index (κ1) is 17.5. The third-order valence-corrected chi connectivity index (χ3v) is 6.20. The molecule has 0 aromatic carbocycles. The van der Waals surface area contributed by atoms with Gasteiger partial charge in [0, 0.05) is 29.9 Å². The van der Waals surface area contributed by atoms with E-state index >= 15 is 0 Å². The molecule has 1 aliphatic heterocycles. The van der Waals surface area contributed by atoms with Crippen LogP contribution in [0.2, 0.25) is 0 Å². The molecule has 130 valence electrons. The molecule has 0 radical (unpaired) electrons. The van der Waals surface area contributed by atoms with Gasteiger partial charge in [-0.05, 0) is 54.7 Å². The van der Waals surface area contributed by atoms with E-state index in [0.29, 0.717) is 0 Å². The van der Waals surface area contributed by atoms with Gasteiger partial charge in [-0.3, -0.25) is 9.89 Å². The van der Waals surface area contributed by atoms with Crippen molar-refractivity contribution in [2.75, 3.05) is 26.7 Å². The van der Waals surface area contributed by atoms with Gasteiger partial charge in [0.15, 0.2) is 5.96 Å². The largest absolute Gasteiger partial charge is 0.356 e. The van der Waals surface area contributed by atoms with E-state index in [1.165, 1.54) is 35.7 Å². The first-order chi connectivity index (χ1) is 11.8. The fourth-order valence-corrected chi connectivity index (χ4v) is 4.41. The molecular weight excluding hydrogens is 336 g/mol. The minimum absolute atomic E-state index is 0.741. The lowest BCUT2D eigenvalue weighted by Crippen LogP contribution is -2.42. The maximum absolute atomic E-state index is 4.33. The first-order valence-corrected chi connectivity index (χ1v) is 10.3. The Balaban J connectivity index is 1.34. The van der Waals surface area contributed by atoms with Crippen LogP contribution >= 0.6 is 22.7 Å². The molecule has 0 bridgehead atoms. The highest BCUT2D eigenvalue weighted by molar-refractivity contribution is 7.10. The van der Waals surface area contributed by atoms with Gasteiger partial charge in [0.25, 0.3) is 0 Å². The number of piperidine rings is 1. The molecule has 4 nitrogen and oxygen atoms in total. The van der Waals surface area contributed by atoms with Gasteiger partial charge in [0.05, 0.1) is 6.54 Å². The van der Waals surface area contributed by atoms with E-state index in [4.69, 9.17) is 0 Å². The predicted molar refractivity (Wildman–Crippen MR) is 105 cm³/mol. The standard InChI is InChI=1S/C18H26N4S2/c1-19-18(21-13-16-4-2-10-23-16)20-12-15-6-8-22(9-7-15)14-17-5-3-11-24-17/h2-5,10-11,15H,6-9,12-14H2,1H3,(H2,19,20,21). The molecule has 0 amide bonds. The number of likely N-dealkylation sites (tertiary alicyclic amines) is 1. The molecule has 24 heavy (non-hydrogen) atoms. The van der Waals surface area contributed by atoms with Crippen molar-refractivity contribution in [1.29, 1.82) is 0 Å². The molecule has 1 saturated heterocycles. The van der Waals surface area contributed by atoms with Crippen molar-refractivity contribution in [1.82, 2.24) is 15.5 Å². The summed E-state index contributed by atoms with van der Waals surface area (Å²) in [5.41, 5.74) is 0. The Morgan fingerprint density at radius 2 is 1.83 bits per heavy atom. The summed E-state index contributed by atoms with van der Waals surface area (Å²) in [5, 5.41) is 11.2. The zero-order valence-electron chi connectivity index (χ0n) is 14.2. The van der Waals surface area contributed by atoms with Crippen LogP contribution in [0.1, 0.15) is 22.6 Å². The van der Waals surface area contributed by atoms with E-state index in [2.05, 4.69) is 55.6 Å². The summed E-state index contributed by atoms with van der Waals surface area (Å²) in [6.45, 7) is 5.37. The van der Waals surface area contributed by atoms with Crippen molar-refractivity contribution < 1.29 is 0 Å². The molecule has 6 heteroatoms. The van der Waals surface area contributed by atoms with Crippen molar-refractivity contribution in [2.24, 2.45) is 10.9 Å². The minimum atomic E-state index is 0.741. The summed E-state index contributed by atoms with van der Waals surface area (Å²) >= 11 is 3.63. The summed E-state index contributed by atoms with van der Waals surface area (Å²) in [5.74, 6) is 1.65. The van der Waals surface area contributed by atoms with Crippen molar-refractivity contribution >= 4 is 28.6 Å². The zero-order valence-corrected chi connectivity index (χ0v) is 15.8. The smallest absolute Gasteiger partial charge is 0.191 e. The molecule has 0 aliphatic carbocycles. The Bertz CT molecular complexity index is 599. The van der Waals surface area contributed by atoms with Gasteiger partial charge in [-0.1, -0.05) is 12.1 Å². The van der Waals surface area contributed by atoms with Crippen molar-refractivity contribution in [3.8, 4) is 0 Å². The lowest BCUT2D eigenvalue weighted by molar-refractivity contribution is 0.179. The molecule has 1 aliphatic rings. The van der Waals surface area contributed by atoms with Crippen LogP contribution in [0.5, 0.6) is 0 Å². The first-order valence-electron chi connectivity index (χ1n) is 8.55. The SMILES string of the molecule is CN=C(NCc1cccs1)NCC1CCN(Cc2cccs2)CC1. The van der Waals surface area contributed by atoms with E-state index in [0.717, 1.165) is 31.5 Å². The average Bonchev–Trinajstić information content (AvgIpc) is 3.30. The summed E-state index contributed by atoms with van der Waals surface area (Å²) in [6.07, 6.45) is 2.53. The van der Waals surface area contributed by atoms with E-state index < -0.39 is 0 Å². The topological polar surface area (TPSA) is 39.7 Å². The highest BCUT2D eigenvalue weighted by Gasteiger charge is 2.19. The Labute approximate surface area is 152 Å². The van der Waals surface area contributed by atoms with E-state index in [9.17, 15) is 0 Å². The van der Waals surface area contributed by atoms with Crippen molar-refractivity contribution in [2.45, 2.75) is 25.9 Å². The number of aliphatic imine (C=N–C) groups is 1. The second-order valence-electron chi connectivity index (χ2n) is 6.18. The maximum atomic E-state index is 4.33. The normalized spacial score (nSPS) is 17.1. The number of thiophene rings is 2. The fraction of sp³-hybridized carbons (Fsp3) is 0.500. The molecule has 0 unspecified atom stereocenters. The van der Waals surface area contributed by atoms with Crippen LogP contribution in [0.25, 0.3) is 0 Å². The second kappa shape index (κ2) is 9.20. The van der Waals surface area contributed by atoms with Crippen LogP contribution in [-0.2, 0) is 13.1 Å². The lowest BCUT2D eigenvalue weighted by Gasteiger charge is -2.32. The summed E-state index contributed by atoms with van der Waals surface area (Å²) in [4.78, 5) is 9.71. The predicted octanol–water partition coefficient (Wildman–Crippen LogP) is 3.39. The number of hydrogen-bond donors (Lipinski definition) is 2. The average molecular weight is 363 g/mol. The highest BCUT2D eigenvalue weighted by Crippen LogP contribution is 2.20. The second-order valence-corrected chi connectivity index (χ2v) is 8.25. The van der Waals surface area contributed by atoms with Crippen LogP contribution in [0.3, 0.4) is 0 Å². The molecule has 2 aromatic heterocycles. The Morgan fingerprint density at radius 1 is 1.12 bits per heavy atom. The Kier molecular flexibility index (Phi) is 6.69. The Hall–Kier alpha value is -1.37. The number of guanidine groups is 1. The number of nitrogens with zero attached hydrogens (tertiary/aromatic N) is 2. The quantitative estimate of drug-likeness (QED) is 0.611. The third kappa shape index (κ3) is 5.33. The molecule has 0 atom stereocenters. The van der Waals surface area contributed by atoms with Gasteiger partial charge >= 0.3 is 0 Å².